The minimum absolute atomic E-state index is 0.168. The van der Waals surface area contributed by atoms with Gasteiger partial charge in [0.2, 0.25) is 5.91 Å². The van der Waals surface area contributed by atoms with E-state index in [0.717, 1.165) is 13.1 Å². The van der Waals surface area contributed by atoms with Crippen molar-refractivity contribution in [3.63, 3.8) is 0 Å². The quantitative estimate of drug-likeness (QED) is 0.803. The first kappa shape index (κ1) is 13.8. The number of rotatable bonds is 2. The Bertz CT molecular complexity index is 240. The molecular weight excluding hydrogens is 220 g/mol. The number of nitrogens with one attached hydrogen (secondary N) is 1. The third-order valence-electron chi connectivity index (χ3n) is 2.54. The van der Waals surface area contributed by atoms with E-state index < -0.39 is 0 Å². The summed E-state index contributed by atoms with van der Waals surface area (Å²) in [6, 6.07) is 0.819. The van der Waals surface area contributed by atoms with Crippen LogP contribution in [0.3, 0.4) is 0 Å². The molecule has 2 unspecified atom stereocenters. The Balaban J connectivity index is 2.41. The molecule has 2 atom stereocenters. The maximum atomic E-state index is 12.0. The van der Waals surface area contributed by atoms with E-state index in [0.29, 0.717) is 17.8 Å². The third-order valence-corrected chi connectivity index (χ3v) is 3.80. The number of nitrogens with zero attached hydrogens (tertiary/aromatic N) is 1. The molecule has 0 aliphatic carbocycles. The van der Waals surface area contributed by atoms with Crippen LogP contribution in [0.1, 0.15) is 34.6 Å². The molecule has 16 heavy (non-hydrogen) atoms. The molecule has 4 heteroatoms. The van der Waals surface area contributed by atoms with Crippen LogP contribution in [0.5, 0.6) is 0 Å². The summed E-state index contributed by atoms with van der Waals surface area (Å²) in [6.07, 6.45) is 0. The first-order valence-electron chi connectivity index (χ1n) is 5.96. The van der Waals surface area contributed by atoms with Crippen molar-refractivity contribution in [2.45, 2.75) is 51.4 Å². The van der Waals surface area contributed by atoms with Crippen molar-refractivity contribution in [3.8, 4) is 0 Å². The number of piperazine rings is 1. The minimum atomic E-state index is 0.168. The molecule has 1 N–H and O–H groups in total. The fourth-order valence-electron chi connectivity index (χ4n) is 1.90. The summed E-state index contributed by atoms with van der Waals surface area (Å²) in [4.78, 5) is 14.0. The zero-order valence-electron chi connectivity index (χ0n) is 11.0. The Morgan fingerprint density at radius 1 is 1.31 bits per heavy atom. The highest BCUT2D eigenvalue weighted by molar-refractivity contribution is 8.01. The summed E-state index contributed by atoms with van der Waals surface area (Å²) in [5.41, 5.74) is 0. The van der Waals surface area contributed by atoms with E-state index in [1.807, 2.05) is 4.90 Å². The van der Waals surface area contributed by atoms with Gasteiger partial charge in [-0.05, 0) is 13.8 Å². The van der Waals surface area contributed by atoms with Crippen LogP contribution in [0.25, 0.3) is 0 Å². The van der Waals surface area contributed by atoms with E-state index in [2.05, 4.69) is 39.9 Å². The molecule has 0 bridgehead atoms. The lowest BCUT2D eigenvalue weighted by molar-refractivity contribution is -0.130. The number of thioether (sulfide) groups is 1. The monoisotopic (exact) mass is 244 g/mol. The van der Waals surface area contributed by atoms with Gasteiger partial charge in [0.25, 0.3) is 0 Å². The maximum Gasteiger partial charge on any atom is 0.232 e. The van der Waals surface area contributed by atoms with Gasteiger partial charge < -0.3 is 10.2 Å². The molecular formula is C12H24N2OS. The van der Waals surface area contributed by atoms with Crippen molar-refractivity contribution >= 4 is 17.7 Å². The van der Waals surface area contributed by atoms with Gasteiger partial charge in [0, 0.05) is 29.9 Å². The lowest BCUT2D eigenvalue weighted by Gasteiger charge is -2.36. The average Bonchev–Trinajstić information content (AvgIpc) is 2.11. The Morgan fingerprint density at radius 2 is 1.81 bits per heavy atom. The summed E-state index contributed by atoms with van der Waals surface area (Å²) in [5.74, 6) is 0.878. The second kappa shape index (κ2) is 5.41. The third kappa shape index (κ3) is 4.74. The van der Waals surface area contributed by atoms with E-state index in [-0.39, 0.29) is 10.7 Å². The first-order chi connectivity index (χ1) is 7.28. The number of amides is 1. The van der Waals surface area contributed by atoms with E-state index in [1.54, 1.807) is 11.8 Å². The Labute approximate surface area is 103 Å². The van der Waals surface area contributed by atoms with Crippen molar-refractivity contribution < 1.29 is 4.79 Å². The van der Waals surface area contributed by atoms with Gasteiger partial charge in [0.15, 0.2) is 0 Å². The second-order valence-electron chi connectivity index (χ2n) is 5.67. The average molecular weight is 244 g/mol. The fourth-order valence-corrected chi connectivity index (χ4v) is 2.64. The van der Waals surface area contributed by atoms with Gasteiger partial charge in [-0.1, -0.05) is 20.8 Å². The molecule has 3 nitrogen and oxygen atoms in total. The van der Waals surface area contributed by atoms with Crippen LogP contribution in [0.15, 0.2) is 0 Å². The van der Waals surface area contributed by atoms with Crippen LogP contribution in [0, 0.1) is 0 Å². The molecule has 1 fully saturated rings. The molecule has 0 radical (unpaired) electrons. The van der Waals surface area contributed by atoms with Crippen molar-refractivity contribution in [1.29, 1.82) is 0 Å². The number of hydrogen-bond acceptors (Lipinski definition) is 3. The topological polar surface area (TPSA) is 32.3 Å². The summed E-state index contributed by atoms with van der Waals surface area (Å²) >= 11 is 1.73. The lowest BCUT2D eigenvalue weighted by atomic mass is 10.1. The van der Waals surface area contributed by atoms with Gasteiger partial charge in [-0.25, -0.2) is 0 Å². The van der Waals surface area contributed by atoms with Crippen molar-refractivity contribution in [2.24, 2.45) is 0 Å². The Kier molecular flexibility index (Phi) is 4.68. The summed E-state index contributed by atoms with van der Waals surface area (Å²) in [7, 11) is 0. The number of carbonyl (C=O) groups is 1. The molecule has 1 aliphatic heterocycles. The normalized spacial score (nSPS) is 26.9. The van der Waals surface area contributed by atoms with Crippen molar-refractivity contribution in [2.75, 3.05) is 18.8 Å². The zero-order chi connectivity index (χ0) is 12.3. The van der Waals surface area contributed by atoms with Crippen LogP contribution >= 0.6 is 11.8 Å². The summed E-state index contributed by atoms with van der Waals surface area (Å²) in [5, 5.41) is 3.44. The Morgan fingerprint density at radius 3 is 2.25 bits per heavy atom. The molecule has 0 saturated carbocycles. The highest BCUT2D eigenvalue weighted by Crippen LogP contribution is 2.23. The molecule has 0 aromatic heterocycles. The van der Waals surface area contributed by atoms with Crippen LogP contribution in [0.4, 0.5) is 0 Å². The molecule has 0 aromatic rings. The molecule has 1 heterocycles. The molecule has 1 rings (SSSR count). The lowest BCUT2D eigenvalue weighted by Crippen LogP contribution is -2.56. The molecule has 0 spiro atoms. The Hall–Kier alpha value is -0.220. The number of carbonyl (C=O) groups excluding carboxylic acids is 1. The van der Waals surface area contributed by atoms with E-state index in [9.17, 15) is 4.79 Å². The van der Waals surface area contributed by atoms with Crippen LogP contribution < -0.4 is 5.32 Å². The second-order valence-corrected chi connectivity index (χ2v) is 7.47. The largest absolute Gasteiger partial charge is 0.339 e. The zero-order valence-corrected chi connectivity index (χ0v) is 11.9. The van der Waals surface area contributed by atoms with E-state index >= 15 is 0 Å². The molecule has 94 valence electrons. The van der Waals surface area contributed by atoms with Crippen molar-refractivity contribution in [3.05, 3.63) is 0 Å². The highest BCUT2D eigenvalue weighted by atomic mass is 32.2. The molecule has 1 aliphatic rings. The van der Waals surface area contributed by atoms with Gasteiger partial charge in [0.05, 0.1) is 5.75 Å². The first-order valence-corrected chi connectivity index (χ1v) is 6.94. The smallest absolute Gasteiger partial charge is 0.232 e. The molecule has 1 amide bonds. The van der Waals surface area contributed by atoms with Crippen LogP contribution in [0.2, 0.25) is 0 Å². The van der Waals surface area contributed by atoms with Crippen LogP contribution in [-0.2, 0) is 4.79 Å². The standard InChI is InChI=1S/C12H24N2OS/c1-9-6-14(7-10(2)13-9)11(15)8-16-12(3,4)5/h9-10,13H,6-8H2,1-5H3. The summed E-state index contributed by atoms with van der Waals surface area (Å²) in [6.45, 7) is 12.4. The summed E-state index contributed by atoms with van der Waals surface area (Å²) < 4.78 is 0.168. The van der Waals surface area contributed by atoms with E-state index in [1.165, 1.54) is 0 Å². The van der Waals surface area contributed by atoms with Gasteiger partial charge in [-0.15, -0.1) is 11.8 Å². The number of hydrogen-bond donors (Lipinski definition) is 1. The molecule has 0 aromatic carbocycles. The van der Waals surface area contributed by atoms with Gasteiger partial charge in [-0.2, -0.15) is 0 Å². The van der Waals surface area contributed by atoms with E-state index in [4.69, 9.17) is 0 Å². The SMILES string of the molecule is CC1CN(C(=O)CSC(C)(C)C)CC(C)N1. The van der Waals surface area contributed by atoms with Gasteiger partial charge in [0.1, 0.15) is 0 Å². The van der Waals surface area contributed by atoms with Gasteiger partial charge in [-0.3, -0.25) is 4.79 Å². The highest BCUT2D eigenvalue weighted by Gasteiger charge is 2.25. The van der Waals surface area contributed by atoms with Crippen molar-refractivity contribution in [1.82, 2.24) is 10.2 Å². The predicted octanol–water partition coefficient (Wildman–Crippen LogP) is 1.73. The predicted molar refractivity (Wildman–Crippen MR) is 70.9 cm³/mol. The molecule has 1 saturated heterocycles. The van der Waals surface area contributed by atoms with Gasteiger partial charge >= 0.3 is 0 Å². The fraction of sp³-hybridized carbons (Fsp3) is 0.917. The minimum Gasteiger partial charge on any atom is -0.339 e. The van der Waals surface area contributed by atoms with Crippen LogP contribution in [-0.4, -0.2) is 46.5 Å². The maximum absolute atomic E-state index is 12.0.